The lowest BCUT2D eigenvalue weighted by molar-refractivity contribution is -0.0333. The number of nitrogens with zero attached hydrogens (tertiary/aromatic N) is 1. The predicted molar refractivity (Wildman–Crippen MR) is 88.3 cm³/mol. The van der Waals surface area contributed by atoms with E-state index in [9.17, 15) is 0 Å². The van der Waals surface area contributed by atoms with Crippen molar-refractivity contribution in [2.24, 2.45) is 0 Å². The van der Waals surface area contributed by atoms with E-state index in [1.807, 2.05) is 0 Å². The summed E-state index contributed by atoms with van der Waals surface area (Å²) in [6.07, 6.45) is 15.7. The molecule has 1 fully saturated rings. The van der Waals surface area contributed by atoms with Gasteiger partial charge in [0, 0.05) is 13.1 Å². The third-order valence-corrected chi connectivity index (χ3v) is 4.43. The molecular weight excluding hydrogens is 246 g/mol. The van der Waals surface area contributed by atoms with Gasteiger partial charge >= 0.3 is 0 Å². The van der Waals surface area contributed by atoms with Crippen molar-refractivity contribution in [3.05, 3.63) is 0 Å². The van der Waals surface area contributed by atoms with E-state index in [2.05, 4.69) is 18.7 Å². The number of hydrogen-bond donors (Lipinski definition) is 0. The van der Waals surface area contributed by atoms with Crippen LogP contribution >= 0.6 is 0 Å². The van der Waals surface area contributed by atoms with Crippen molar-refractivity contribution < 1.29 is 4.74 Å². The van der Waals surface area contributed by atoms with Crippen molar-refractivity contribution in [1.29, 1.82) is 0 Å². The fourth-order valence-electron chi connectivity index (χ4n) is 3.07. The van der Waals surface area contributed by atoms with Gasteiger partial charge in [-0.15, -0.1) is 0 Å². The molecule has 0 unspecified atom stereocenters. The van der Waals surface area contributed by atoms with E-state index in [1.54, 1.807) is 0 Å². The summed E-state index contributed by atoms with van der Waals surface area (Å²) < 4.78 is 5.91. The molecule has 0 aromatic heterocycles. The van der Waals surface area contributed by atoms with Crippen molar-refractivity contribution in [3.8, 4) is 0 Å². The highest BCUT2D eigenvalue weighted by atomic mass is 16.5. The molecule has 1 heterocycles. The summed E-state index contributed by atoms with van der Waals surface area (Å²) in [6, 6.07) is 0. The highest BCUT2D eigenvalue weighted by Gasteiger charge is 2.19. The minimum atomic E-state index is 0.515. The van der Waals surface area contributed by atoms with Gasteiger partial charge in [0.25, 0.3) is 0 Å². The highest BCUT2D eigenvalue weighted by molar-refractivity contribution is 4.71. The molecule has 1 aliphatic rings. The number of hydrogen-bond acceptors (Lipinski definition) is 2. The van der Waals surface area contributed by atoms with Crippen LogP contribution in [-0.4, -0.2) is 37.2 Å². The highest BCUT2D eigenvalue weighted by Crippen LogP contribution is 2.14. The van der Waals surface area contributed by atoms with Crippen LogP contribution in [0.4, 0.5) is 0 Å². The molecule has 2 nitrogen and oxygen atoms in total. The minimum absolute atomic E-state index is 0.515. The molecular formula is C18H37NO. The number of ether oxygens (including phenoxy) is 1. The molecule has 0 aliphatic carbocycles. The topological polar surface area (TPSA) is 12.5 Å². The zero-order valence-electron chi connectivity index (χ0n) is 14.0. The second kappa shape index (κ2) is 12.6. The molecule has 2 heteroatoms. The van der Waals surface area contributed by atoms with Crippen LogP contribution in [0.1, 0.15) is 84.5 Å². The van der Waals surface area contributed by atoms with Crippen molar-refractivity contribution in [1.82, 2.24) is 4.90 Å². The van der Waals surface area contributed by atoms with Gasteiger partial charge in [0.05, 0.1) is 12.7 Å². The molecule has 0 saturated carbocycles. The number of rotatable bonds is 12. The Morgan fingerprint density at radius 3 is 2.25 bits per heavy atom. The van der Waals surface area contributed by atoms with E-state index >= 15 is 0 Å². The minimum Gasteiger partial charge on any atom is -0.376 e. The van der Waals surface area contributed by atoms with E-state index < -0.39 is 0 Å². The largest absolute Gasteiger partial charge is 0.376 e. The summed E-state index contributed by atoms with van der Waals surface area (Å²) >= 11 is 0. The fourth-order valence-corrected chi connectivity index (χ4v) is 3.07. The molecule has 1 aliphatic heterocycles. The van der Waals surface area contributed by atoms with Crippen molar-refractivity contribution in [2.45, 2.75) is 90.6 Å². The van der Waals surface area contributed by atoms with Crippen LogP contribution in [0.15, 0.2) is 0 Å². The van der Waals surface area contributed by atoms with Crippen LogP contribution in [0.25, 0.3) is 0 Å². The Balaban J connectivity index is 1.99. The van der Waals surface area contributed by atoms with Crippen LogP contribution in [0.5, 0.6) is 0 Å². The Bertz CT molecular complexity index is 208. The third kappa shape index (κ3) is 8.97. The van der Waals surface area contributed by atoms with E-state index in [-0.39, 0.29) is 0 Å². The molecule has 20 heavy (non-hydrogen) atoms. The molecule has 1 rings (SSSR count). The van der Waals surface area contributed by atoms with Crippen molar-refractivity contribution in [2.75, 3.05) is 26.2 Å². The van der Waals surface area contributed by atoms with Crippen LogP contribution in [0.3, 0.4) is 0 Å². The first-order valence-electron chi connectivity index (χ1n) is 9.20. The summed E-state index contributed by atoms with van der Waals surface area (Å²) in [7, 11) is 0. The zero-order valence-corrected chi connectivity index (χ0v) is 14.0. The maximum atomic E-state index is 5.91. The first-order valence-corrected chi connectivity index (χ1v) is 9.20. The quantitative estimate of drug-likeness (QED) is 0.466. The SMILES string of the molecule is CCCCCCCCN1CCO[C@H](CCCCCC)C1. The van der Waals surface area contributed by atoms with Crippen LogP contribution in [-0.2, 0) is 4.74 Å². The maximum absolute atomic E-state index is 5.91. The number of morpholine rings is 1. The molecule has 0 radical (unpaired) electrons. The Kier molecular flexibility index (Phi) is 11.4. The van der Waals surface area contributed by atoms with E-state index in [1.165, 1.54) is 83.7 Å². The lowest BCUT2D eigenvalue weighted by Gasteiger charge is -2.33. The van der Waals surface area contributed by atoms with Crippen molar-refractivity contribution >= 4 is 0 Å². The summed E-state index contributed by atoms with van der Waals surface area (Å²) in [5.41, 5.74) is 0. The molecule has 0 aromatic rings. The van der Waals surface area contributed by atoms with Gasteiger partial charge in [-0.25, -0.2) is 0 Å². The van der Waals surface area contributed by atoms with Gasteiger partial charge in [0.2, 0.25) is 0 Å². The summed E-state index contributed by atoms with van der Waals surface area (Å²) in [4.78, 5) is 2.63. The molecule has 1 saturated heterocycles. The predicted octanol–water partition coefficient (Wildman–Crippen LogP) is 5.02. The Labute approximate surface area is 127 Å². The van der Waals surface area contributed by atoms with Crippen LogP contribution in [0, 0.1) is 0 Å². The first-order chi connectivity index (χ1) is 9.86. The Hall–Kier alpha value is -0.0800. The molecule has 0 N–H and O–H groups in total. The summed E-state index contributed by atoms with van der Waals surface area (Å²) in [6.45, 7) is 9.14. The van der Waals surface area contributed by atoms with Crippen LogP contribution in [0.2, 0.25) is 0 Å². The fraction of sp³-hybridized carbons (Fsp3) is 1.00. The lowest BCUT2D eigenvalue weighted by atomic mass is 10.1. The van der Waals surface area contributed by atoms with Crippen molar-refractivity contribution in [3.63, 3.8) is 0 Å². The zero-order chi connectivity index (χ0) is 14.5. The Morgan fingerprint density at radius 2 is 1.50 bits per heavy atom. The normalized spacial score (nSPS) is 20.4. The summed E-state index contributed by atoms with van der Waals surface area (Å²) in [5.74, 6) is 0. The van der Waals surface area contributed by atoms with E-state index in [0.29, 0.717) is 6.10 Å². The standard InChI is InChI=1S/C18H37NO/c1-3-5-7-9-10-12-14-19-15-16-20-18(17-19)13-11-8-6-4-2/h18H,3-17H2,1-2H3/t18-/m1/s1. The van der Waals surface area contributed by atoms with Crippen LogP contribution < -0.4 is 0 Å². The monoisotopic (exact) mass is 283 g/mol. The number of unbranched alkanes of at least 4 members (excludes halogenated alkanes) is 8. The maximum Gasteiger partial charge on any atom is 0.0702 e. The van der Waals surface area contributed by atoms with Gasteiger partial charge < -0.3 is 4.74 Å². The molecule has 120 valence electrons. The molecule has 0 amide bonds. The second-order valence-electron chi connectivity index (χ2n) is 6.41. The van der Waals surface area contributed by atoms with Gasteiger partial charge in [-0.2, -0.15) is 0 Å². The molecule has 0 spiro atoms. The average Bonchev–Trinajstić information content (AvgIpc) is 2.48. The first kappa shape index (κ1) is 18.0. The smallest absolute Gasteiger partial charge is 0.0702 e. The van der Waals surface area contributed by atoms with Gasteiger partial charge in [0.15, 0.2) is 0 Å². The van der Waals surface area contributed by atoms with E-state index in [4.69, 9.17) is 4.74 Å². The second-order valence-corrected chi connectivity index (χ2v) is 6.41. The molecule has 0 bridgehead atoms. The molecule has 0 aromatic carbocycles. The lowest BCUT2D eigenvalue weighted by Crippen LogP contribution is -2.42. The van der Waals surface area contributed by atoms with Gasteiger partial charge in [0.1, 0.15) is 0 Å². The third-order valence-electron chi connectivity index (χ3n) is 4.43. The average molecular weight is 284 g/mol. The van der Waals surface area contributed by atoms with Gasteiger partial charge in [-0.3, -0.25) is 4.90 Å². The van der Waals surface area contributed by atoms with Gasteiger partial charge in [-0.05, 0) is 19.4 Å². The Morgan fingerprint density at radius 1 is 0.850 bits per heavy atom. The van der Waals surface area contributed by atoms with E-state index in [0.717, 1.165) is 13.2 Å². The van der Waals surface area contributed by atoms with Gasteiger partial charge in [-0.1, -0.05) is 71.6 Å². The summed E-state index contributed by atoms with van der Waals surface area (Å²) in [5, 5.41) is 0. The molecule has 1 atom stereocenters.